The molecular formula is C12H27NO2. The molecule has 15 heavy (non-hydrogen) atoms. The molecule has 0 aromatic heterocycles. The molecule has 3 heteroatoms. The minimum Gasteiger partial charge on any atom is -0.385 e. The fourth-order valence-electron chi connectivity index (χ4n) is 1.60. The number of rotatable bonds is 10. The quantitative estimate of drug-likeness (QED) is 0.523. The van der Waals surface area contributed by atoms with E-state index in [1.165, 1.54) is 13.0 Å². The average Bonchev–Trinajstić information content (AvgIpc) is 2.21. The smallest absolute Gasteiger partial charge is 0.0474 e. The van der Waals surface area contributed by atoms with Crippen molar-refractivity contribution in [2.45, 2.75) is 39.2 Å². The van der Waals surface area contributed by atoms with Gasteiger partial charge in [-0.3, -0.25) is 0 Å². The van der Waals surface area contributed by atoms with Crippen molar-refractivity contribution in [2.24, 2.45) is 0 Å². The molecule has 0 saturated carbocycles. The van der Waals surface area contributed by atoms with Crippen LogP contribution in [0.3, 0.4) is 0 Å². The Morgan fingerprint density at radius 1 is 0.867 bits per heavy atom. The summed E-state index contributed by atoms with van der Waals surface area (Å²) in [5, 5.41) is 0. The first-order valence-corrected chi connectivity index (χ1v) is 5.94. The van der Waals surface area contributed by atoms with E-state index >= 15 is 0 Å². The second-order valence-corrected chi connectivity index (χ2v) is 4.18. The molecule has 0 fully saturated rings. The zero-order valence-electron chi connectivity index (χ0n) is 10.8. The topological polar surface area (TPSA) is 21.7 Å². The van der Waals surface area contributed by atoms with Crippen molar-refractivity contribution in [3.63, 3.8) is 0 Å². The van der Waals surface area contributed by atoms with E-state index in [2.05, 4.69) is 18.7 Å². The number of unbranched alkanes of at least 4 members (excludes halogenated alkanes) is 1. The van der Waals surface area contributed by atoms with Gasteiger partial charge in [-0.25, -0.2) is 0 Å². The second-order valence-electron chi connectivity index (χ2n) is 4.18. The molecule has 0 aliphatic rings. The fourth-order valence-corrected chi connectivity index (χ4v) is 1.60. The maximum atomic E-state index is 5.07. The molecule has 0 atom stereocenters. The van der Waals surface area contributed by atoms with E-state index in [1.807, 2.05) is 0 Å². The molecule has 0 saturated heterocycles. The standard InChI is InChI=1S/C12H27NO2/c1-12(2)13(9-7-11-15-4)8-5-6-10-14-3/h12H,5-11H2,1-4H3. The van der Waals surface area contributed by atoms with E-state index in [4.69, 9.17) is 9.47 Å². The number of ether oxygens (including phenoxy) is 2. The molecule has 92 valence electrons. The van der Waals surface area contributed by atoms with Gasteiger partial charge in [-0.05, 0) is 39.7 Å². The van der Waals surface area contributed by atoms with Crippen LogP contribution in [0.2, 0.25) is 0 Å². The fraction of sp³-hybridized carbons (Fsp3) is 1.00. The van der Waals surface area contributed by atoms with Crippen LogP contribution in [0.15, 0.2) is 0 Å². The van der Waals surface area contributed by atoms with Crippen molar-refractivity contribution in [3.8, 4) is 0 Å². The van der Waals surface area contributed by atoms with Gasteiger partial charge in [0.15, 0.2) is 0 Å². The predicted molar refractivity (Wildman–Crippen MR) is 64.3 cm³/mol. The maximum absolute atomic E-state index is 5.07. The molecule has 0 radical (unpaired) electrons. The normalized spacial score (nSPS) is 11.6. The van der Waals surface area contributed by atoms with Crippen LogP contribution >= 0.6 is 0 Å². The second kappa shape index (κ2) is 10.4. The summed E-state index contributed by atoms with van der Waals surface area (Å²) in [5.74, 6) is 0. The zero-order chi connectivity index (χ0) is 11.5. The summed E-state index contributed by atoms with van der Waals surface area (Å²) in [6.07, 6.45) is 3.50. The summed E-state index contributed by atoms with van der Waals surface area (Å²) < 4.78 is 10.1. The van der Waals surface area contributed by atoms with E-state index in [9.17, 15) is 0 Å². The molecule has 0 aromatic rings. The Kier molecular flexibility index (Phi) is 10.3. The monoisotopic (exact) mass is 217 g/mol. The van der Waals surface area contributed by atoms with Gasteiger partial charge < -0.3 is 14.4 Å². The van der Waals surface area contributed by atoms with Gasteiger partial charge in [0.25, 0.3) is 0 Å². The molecule has 0 aromatic carbocycles. The minimum atomic E-state index is 0.629. The SMILES string of the molecule is COCCCCN(CCCOC)C(C)C. The summed E-state index contributed by atoms with van der Waals surface area (Å²) in [6, 6.07) is 0.629. The van der Waals surface area contributed by atoms with E-state index in [0.717, 1.165) is 32.6 Å². The largest absolute Gasteiger partial charge is 0.385 e. The summed E-state index contributed by atoms with van der Waals surface area (Å²) >= 11 is 0. The van der Waals surface area contributed by atoms with Gasteiger partial charge in [0, 0.05) is 40.0 Å². The van der Waals surface area contributed by atoms with E-state index in [0.29, 0.717) is 6.04 Å². The van der Waals surface area contributed by atoms with Gasteiger partial charge >= 0.3 is 0 Å². The van der Waals surface area contributed by atoms with Crippen LogP contribution in [0.1, 0.15) is 33.1 Å². The highest BCUT2D eigenvalue weighted by Gasteiger charge is 2.07. The third-order valence-electron chi connectivity index (χ3n) is 2.57. The number of hydrogen-bond acceptors (Lipinski definition) is 3. The molecule has 0 rings (SSSR count). The highest BCUT2D eigenvalue weighted by atomic mass is 16.5. The number of methoxy groups -OCH3 is 2. The van der Waals surface area contributed by atoms with Crippen molar-refractivity contribution in [1.82, 2.24) is 4.90 Å². The van der Waals surface area contributed by atoms with Gasteiger partial charge in [-0.1, -0.05) is 0 Å². The Labute approximate surface area is 94.7 Å². The Hall–Kier alpha value is -0.120. The van der Waals surface area contributed by atoms with Crippen molar-refractivity contribution in [3.05, 3.63) is 0 Å². The molecule has 0 N–H and O–H groups in total. The molecule has 0 heterocycles. The number of nitrogens with zero attached hydrogens (tertiary/aromatic N) is 1. The average molecular weight is 217 g/mol. The summed E-state index contributed by atoms with van der Waals surface area (Å²) in [5.41, 5.74) is 0. The number of hydrogen-bond donors (Lipinski definition) is 0. The van der Waals surface area contributed by atoms with Crippen LogP contribution in [0.5, 0.6) is 0 Å². The lowest BCUT2D eigenvalue weighted by Crippen LogP contribution is -2.33. The van der Waals surface area contributed by atoms with Crippen molar-refractivity contribution in [2.75, 3.05) is 40.5 Å². The zero-order valence-corrected chi connectivity index (χ0v) is 10.8. The van der Waals surface area contributed by atoms with E-state index in [1.54, 1.807) is 14.2 Å². The van der Waals surface area contributed by atoms with Crippen LogP contribution < -0.4 is 0 Å². The third-order valence-corrected chi connectivity index (χ3v) is 2.57. The summed E-state index contributed by atoms with van der Waals surface area (Å²) in [7, 11) is 3.52. The van der Waals surface area contributed by atoms with Gasteiger partial charge in [-0.2, -0.15) is 0 Å². The Morgan fingerprint density at radius 3 is 1.93 bits per heavy atom. The van der Waals surface area contributed by atoms with Gasteiger partial charge in [-0.15, -0.1) is 0 Å². The van der Waals surface area contributed by atoms with Gasteiger partial charge in [0.05, 0.1) is 0 Å². The lowest BCUT2D eigenvalue weighted by molar-refractivity contribution is 0.149. The molecule has 0 spiro atoms. The molecule has 0 unspecified atom stereocenters. The lowest BCUT2D eigenvalue weighted by Gasteiger charge is -2.26. The highest BCUT2D eigenvalue weighted by molar-refractivity contribution is 4.62. The van der Waals surface area contributed by atoms with Crippen LogP contribution in [-0.4, -0.2) is 51.5 Å². The maximum Gasteiger partial charge on any atom is 0.0474 e. The highest BCUT2D eigenvalue weighted by Crippen LogP contribution is 2.03. The summed E-state index contributed by atoms with van der Waals surface area (Å²) in [4.78, 5) is 2.51. The first-order valence-electron chi connectivity index (χ1n) is 5.94. The van der Waals surface area contributed by atoms with Crippen LogP contribution in [-0.2, 0) is 9.47 Å². The first-order chi connectivity index (χ1) is 7.22. The van der Waals surface area contributed by atoms with Crippen molar-refractivity contribution in [1.29, 1.82) is 0 Å². The first kappa shape index (κ1) is 14.9. The molecule has 3 nitrogen and oxygen atoms in total. The van der Waals surface area contributed by atoms with E-state index in [-0.39, 0.29) is 0 Å². The van der Waals surface area contributed by atoms with E-state index < -0.39 is 0 Å². The van der Waals surface area contributed by atoms with Gasteiger partial charge in [0.2, 0.25) is 0 Å². The lowest BCUT2D eigenvalue weighted by atomic mass is 10.2. The van der Waals surface area contributed by atoms with Crippen molar-refractivity contribution >= 4 is 0 Å². The molecular weight excluding hydrogens is 190 g/mol. The third kappa shape index (κ3) is 8.85. The Bertz CT molecular complexity index is 129. The Balaban J connectivity index is 3.54. The molecule has 0 amide bonds. The van der Waals surface area contributed by atoms with Gasteiger partial charge in [0.1, 0.15) is 0 Å². The minimum absolute atomic E-state index is 0.629. The molecule has 0 bridgehead atoms. The molecule has 0 aliphatic carbocycles. The van der Waals surface area contributed by atoms with Crippen LogP contribution in [0.25, 0.3) is 0 Å². The van der Waals surface area contributed by atoms with Crippen LogP contribution in [0, 0.1) is 0 Å². The predicted octanol–water partition coefficient (Wildman–Crippen LogP) is 2.16. The van der Waals surface area contributed by atoms with Crippen LogP contribution in [0.4, 0.5) is 0 Å². The summed E-state index contributed by atoms with van der Waals surface area (Å²) in [6.45, 7) is 8.56. The van der Waals surface area contributed by atoms with Crippen molar-refractivity contribution < 1.29 is 9.47 Å². The Morgan fingerprint density at radius 2 is 1.40 bits per heavy atom. The molecule has 0 aliphatic heterocycles.